The molecular formula is C17H26O5. The maximum absolute atomic E-state index is 11.5. The Labute approximate surface area is 132 Å². The third kappa shape index (κ3) is 6.91. The van der Waals surface area contributed by atoms with E-state index >= 15 is 0 Å². The van der Waals surface area contributed by atoms with Crippen molar-refractivity contribution < 1.29 is 24.0 Å². The van der Waals surface area contributed by atoms with Gasteiger partial charge in [0, 0.05) is 6.42 Å². The molecule has 0 heterocycles. The molecule has 124 valence electrons. The minimum atomic E-state index is -0.422. The van der Waals surface area contributed by atoms with Gasteiger partial charge in [-0.25, -0.2) is 9.78 Å². The summed E-state index contributed by atoms with van der Waals surface area (Å²) >= 11 is 0. The van der Waals surface area contributed by atoms with Gasteiger partial charge in [-0.1, -0.05) is 12.1 Å². The van der Waals surface area contributed by atoms with Gasteiger partial charge >= 0.3 is 5.97 Å². The summed E-state index contributed by atoms with van der Waals surface area (Å²) in [4.78, 5) is 22.5. The Bertz CT molecular complexity index is 447. The molecule has 0 fully saturated rings. The summed E-state index contributed by atoms with van der Waals surface area (Å²) in [6.45, 7) is 7.89. The lowest BCUT2D eigenvalue weighted by Crippen LogP contribution is -2.21. The van der Waals surface area contributed by atoms with Crippen molar-refractivity contribution in [3.05, 3.63) is 29.8 Å². The highest BCUT2D eigenvalue weighted by molar-refractivity contribution is 5.69. The fourth-order valence-corrected chi connectivity index (χ4v) is 1.77. The van der Waals surface area contributed by atoms with Crippen LogP contribution in [0.3, 0.4) is 0 Å². The first kappa shape index (κ1) is 18.5. The van der Waals surface area contributed by atoms with Crippen molar-refractivity contribution in [2.24, 2.45) is 0 Å². The van der Waals surface area contributed by atoms with Crippen LogP contribution in [0, 0.1) is 0 Å². The second kappa shape index (κ2) is 8.76. The van der Waals surface area contributed by atoms with Gasteiger partial charge in [0.1, 0.15) is 11.9 Å². The zero-order chi connectivity index (χ0) is 16.6. The number of carbonyl (C=O) groups excluding carboxylic acids is 1. The Balaban J connectivity index is 2.73. The average molecular weight is 310 g/mol. The van der Waals surface area contributed by atoms with Crippen molar-refractivity contribution in [3.63, 3.8) is 0 Å². The maximum Gasteiger partial charge on any atom is 0.305 e. The highest BCUT2D eigenvalue weighted by Crippen LogP contribution is 2.27. The third-order valence-corrected chi connectivity index (χ3v) is 2.82. The van der Waals surface area contributed by atoms with Crippen molar-refractivity contribution in [3.8, 4) is 5.75 Å². The van der Waals surface area contributed by atoms with Gasteiger partial charge in [0.15, 0.2) is 0 Å². The normalized spacial score (nSPS) is 12.8. The van der Waals surface area contributed by atoms with E-state index in [4.69, 9.17) is 19.2 Å². The summed E-state index contributed by atoms with van der Waals surface area (Å²) in [5, 5.41) is 0. The summed E-state index contributed by atoms with van der Waals surface area (Å²) in [5.41, 5.74) is 0.503. The fourth-order valence-electron chi connectivity index (χ4n) is 1.77. The SMILES string of the molecule is CCOC(=O)CCC(OOC(C)(C)C)c1ccc(OC)cc1. The second-order valence-electron chi connectivity index (χ2n) is 5.90. The highest BCUT2D eigenvalue weighted by Gasteiger charge is 2.20. The van der Waals surface area contributed by atoms with E-state index in [1.54, 1.807) is 14.0 Å². The molecule has 0 radical (unpaired) electrons. The van der Waals surface area contributed by atoms with Gasteiger partial charge in [0.05, 0.1) is 19.3 Å². The fraction of sp³-hybridized carbons (Fsp3) is 0.588. The number of carbonyl (C=O) groups is 1. The van der Waals surface area contributed by atoms with Gasteiger partial charge in [0.2, 0.25) is 0 Å². The lowest BCUT2D eigenvalue weighted by Gasteiger charge is -2.23. The van der Waals surface area contributed by atoms with E-state index in [0.717, 1.165) is 11.3 Å². The summed E-state index contributed by atoms with van der Waals surface area (Å²) in [6.07, 6.45) is 0.425. The van der Waals surface area contributed by atoms with Crippen molar-refractivity contribution in [2.45, 2.75) is 52.2 Å². The number of hydrogen-bond donors (Lipinski definition) is 0. The van der Waals surface area contributed by atoms with E-state index < -0.39 is 5.60 Å². The lowest BCUT2D eigenvalue weighted by molar-refractivity contribution is -0.376. The summed E-state index contributed by atoms with van der Waals surface area (Å²) < 4.78 is 10.1. The first-order valence-electron chi connectivity index (χ1n) is 7.49. The molecule has 0 saturated heterocycles. The Morgan fingerprint density at radius 1 is 1.18 bits per heavy atom. The molecule has 0 N–H and O–H groups in total. The molecule has 0 spiro atoms. The summed E-state index contributed by atoms with van der Waals surface area (Å²) in [6, 6.07) is 7.52. The Kier molecular flexibility index (Phi) is 7.35. The van der Waals surface area contributed by atoms with Crippen LogP contribution in [0.25, 0.3) is 0 Å². The second-order valence-corrected chi connectivity index (χ2v) is 5.90. The van der Waals surface area contributed by atoms with Gasteiger partial charge in [0.25, 0.3) is 0 Å². The van der Waals surface area contributed by atoms with Crippen LogP contribution >= 0.6 is 0 Å². The zero-order valence-electron chi connectivity index (χ0n) is 14.0. The molecule has 0 aliphatic rings. The van der Waals surface area contributed by atoms with Crippen LogP contribution in [0.5, 0.6) is 5.75 Å². The Hall–Kier alpha value is -1.59. The van der Waals surface area contributed by atoms with Crippen molar-refractivity contribution in [2.75, 3.05) is 13.7 Å². The smallest absolute Gasteiger partial charge is 0.305 e. The quantitative estimate of drug-likeness (QED) is 0.415. The van der Waals surface area contributed by atoms with E-state index in [9.17, 15) is 4.79 Å². The predicted molar refractivity (Wildman–Crippen MR) is 83.5 cm³/mol. The van der Waals surface area contributed by atoms with Crippen LogP contribution < -0.4 is 4.74 Å². The Morgan fingerprint density at radius 2 is 1.82 bits per heavy atom. The first-order valence-corrected chi connectivity index (χ1v) is 7.49. The Morgan fingerprint density at radius 3 is 2.32 bits per heavy atom. The summed E-state index contributed by atoms with van der Waals surface area (Å²) in [5.74, 6) is 0.532. The van der Waals surface area contributed by atoms with E-state index in [1.165, 1.54) is 0 Å². The van der Waals surface area contributed by atoms with Gasteiger partial charge in [-0.3, -0.25) is 4.79 Å². The largest absolute Gasteiger partial charge is 0.497 e. The van der Waals surface area contributed by atoms with E-state index in [-0.39, 0.29) is 18.5 Å². The molecule has 5 heteroatoms. The maximum atomic E-state index is 11.5. The molecule has 1 unspecified atom stereocenters. The van der Waals surface area contributed by atoms with Crippen LogP contribution in [0.15, 0.2) is 24.3 Å². The number of esters is 1. The molecule has 0 bridgehead atoms. The van der Waals surface area contributed by atoms with Gasteiger partial charge in [-0.05, 0) is 51.8 Å². The zero-order valence-corrected chi connectivity index (χ0v) is 14.0. The average Bonchev–Trinajstić information content (AvgIpc) is 2.47. The molecule has 0 aliphatic carbocycles. The van der Waals surface area contributed by atoms with Crippen molar-refractivity contribution >= 4 is 5.97 Å². The van der Waals surface area contributed by atoms with Crippen molar-refractivity contribution in [1.82, 2.24) is 0 Å². The minimum Gasteiger partial charge on any atom is -0.497 e. The third-order valence-electron chi connectivity index (χ3n) is 2.82. The predicted octanol–water partition coefficient (Wildman–Crippen LogP) is 3.83. The molecule has 0 amide bonds. The number of benzene rings is 1. The van der Waals surface area contributed by atoms with Gasteiger partial charge < -0.3 is 9.47 Å². The van der Waals surface area contributed by atoms with Crippen LogP contribution in [-0.2, 0) is 19.3 Å². The molecular weight excluding hydrogens is 284 g/mol. The number of ether oxygens (including phenoxy) is 2. The first-order chi connectivity index (χ1) is 10.4. The standard InChI is InChI=1S/C17H26O5/c1-6-20-16(18)12-11-15(21-22-17(2,3)4)13-7-9-14(19-5)10-8-13/h7-10,15H,6,11-12H2,1-5H3. The molecule has 1 rings (SSSR count). The van der Waals surface area contributed by atoms with Crippen LogP contribution in [0.2, 0.25) is 0 Å². The summed E-state index contributed by atoms with van der Waals surface area (Å²) in [7, 11) is 1.62. The molecule has 0 saturated carbocycles. The minimum absolute atomic E-state index is 0.236. The highest BCUT2D eigenvalue weighted by atomic mass is 17.2. The van der Waals surface area contributed by atoms with Crippen molar-refractivity contribution in [1.29, 1.82) is 0 Å². The molecule has 0 aliphatic heterocycles. The topological polar surface area (TPSA) is 54.0 Å². The molecule has 1 aromatic carbocycles. The number of hydrogen-bond acceptors (Lipinski definition) is 5. The van der Waals surface area contributed by atoms with E-state index in [0.29, 0.717) is 13.0 Å². The van der Waals surface area contributed by atoms with Crippen LogP contribution in [0.1, 0.15) is 52.2 Å². The van der Waals surface area contributed by atoms with Crippen LogP contribution in [-0.4, -0.2) is 25.3 Å². The lowest BCUT2D eigenvalue weighted by atomic mass is 10.0. The molecule has 22 heavy (non-hydrogen) atoms. The molecule has 1 atom stereocenters. The molecule has 1 aromatic rings. The van der Waals surface area contributed by atoms with E-state index in [2.05, 4.69) is 0 Å². The van der Waals surface area contributed by atoms with Crippen LogP contribution in [0.4, 0.5) is 0 Å². The van der Waals surface area contributed by atoms with Gasteiger partial charge in [-0.2, -0.15) is 0 Å². The van der Waals surface area contributed by atoms with Gasteiger partial charge in [-0.15, -0.1) is 0 Å². The van der Waals surface area contributed by atoms with E-state index in [1.807, 2.05) is 45.0 Å². The molecule has 0 aromatic heterocycles. The number of rotatable bonds is 8. The molecule has 5 nitrogen and oxygen atoms in total. The number of methoxy groups -OCH3 is 1. The monoisotopic (exact) mass is 310 g/mol.